The summed E-state index contributed by atoms with van der Waals surface area (Å²) >= 11 is 14.6. The van der Waals surface area contributed by atoms with Crippen LogP contribution in [0.15, 0.2) is 72.8 Å². The van der Waals surface area contributed by atoms with Gasteiger partial charge >= 0.3 is 6.18 Å². The van der Waals surface area contributed by atoms with Gasteiger partial charge in [0.25, 0.3) is 0 Å². The summed E-state index contributed by atoms with van der Waals surface area (Å²) in [7, 11) is 0. The molecular weight excluding hydrogens is 474 g/mol. The molecular formula is C25H14Cl2F3NO2. The van der Waals surface area contributed by atoms with Crippen LogP contribution >= 0.6 is 23.2 Å². The van der Waals surface area contributed by atoms with Crippen LogP contribution in [0.1, 0.15) is 27.8 Å². The number of amides is 2. The molecule has 2 atom stereocenters. The first-order valence-electron chi connectivity index (χ1n) is 10.2. The van der Waals surface area contributed by atoms with E-state index in [1.54, 1.807) is 48.5 Å². The Balaban J connectivity index is 1.60. The lowest BCUT2D eigenvalue weighted by Gasteiger charge is -2.54. The van der Waals surface area contributed by atoms with Gasteiger partial charge in [0.1, 0.15) is 9.75 Å². The Hall–Kier alpha value is -2.83. The number of rotatable bonds is 1. The molecule has 3 aromatic rings. The van der Waals surface area contributed by atoms with Crippen molar-refractivity contribution in [1.29, 1.82) is 0 Å². The first kappa shape index (κ1) is 20.8. The third-order valence-corrected chi connectivity index (χ3v) is 8.30. The third-order valence-electron chi connectivity index (χ3n) is 7.02. The molecule has 3 aliphatic carbocycles. The number of alkyl halides is 5. The van der Waals surface area contributed by atoms with Gasteiger partial charge in [-0.05, 0) is 40.5 Å². The molecule has 0 aromatic heterocycles. The van der Waals surface area contributed by atoms with E-state index >= 15 is 0 Å². The Morgan fingerprint density at radius 1 is 0.697 bits per heavy atom. The number of hydrogen-bond donors (Lipinski definition) is 0. The minimum Gasteiger partial charge on any atom is -0.274 e. The number of imide groups is 1. The van der Waals surface area contributed by atoms with Crippen LogP contribution in [0.3, 0.4) is 0 Å². The first-order chi connectivity index (χ1) is 15.6. The van der Waals surface area contributed by atoms with E-state index < -0.39 is 45.1 Å². The van der Waals surface area contributed by atoms with Crippen molar-refractivity contribution in [3.8, 4) is 0 Å². The van der Waals surface area contributed by atoms with Gasteiger partial charge in [-0.25, -0.2) is 4.90 Å². The van der Waals surface area contributed by atoms with Crippen molar-refractivity contribution in [2.24, 2.45) is 11.8 Å². The van der Waals surface area contributed by atoms with E-state index in [-0.39, 0.29) is 5.69 Å². The topological polar surface area (TPSA) is 37.4 Å². The highest BCUT2D eigenvalue weighted by atomic mass is 35.5. The van der Waals surface area contributed by atoms with Crippen molar-refractivity contribution in [3.63, 3.8) is 0 Å². The summed E-state index contributed by atoms with van der Waals surface area (Å²) in [6, 6.07) is 18.5. The summed E-state index contributed by atoms with van der Waals surface area (Å²) in [5.41, 5.74) is 1.43. The summed E-state index contributed by atoms with van der Waals surface area (Å²) in [4.78, 5) is 25.6. The molecule has 2 bridgehead atoms. The van der Waals surface area contributed by atoms with Crippen LogP contribution in [0.25, 0.3) is 0 Å². The Kier molecular flexibility index (Phi) is 4.02. The molecule has 4 aliphatic rings. The molecule has 166 valence electrons. The van der Waals surface area contributed by atoms with Crippen molar-refractivity contribution in [2.45, 2.75) is 15.9 Å². The fourth-order valence-corrected chi connectivity index (χ4v) is 6.84. The third kappa shape index (κ3) is 2.38. The summed E-state index contributed by atoms with van der Waals surface area (Å²) in [6.45, 7) is 0. The van der Waals surface area contributed by atoms with E-state index in [1.807, 2.05) is 0 Å². The Labute approximate surface area is 196 Å². The minimum absolute atomic E-state index is 0.151. The Morgan fingerprint density at radius 3 is 1.52 bits per heavy atom. The average molecular weight is 488 g/mol. The van der Waals surface area contributed by atoms with Gasteiger partial charge in [0, 0.05) is 0 Å². The van der Waals surface area contributed by atoms with Crippen LogP contribution in [-0.4, -0.2) is 11.8 Å². The van der Waals surface area contributed by atoms with Crippen molar-refractivity contribution in [1.82, 2.24) is 0 Å². The van der Waals surface area contributed by atoms with Gasteiger partial charge in [-0.1, -0.05) is 54.6 Å². The lowest BCUT2D eigenvalue weighted by atomic mass is 9.54. The van der Waals surface area contributed by atoms with E-state index in [1.165, 1.54) is 12.1 Å². The molecule has 2 amide bonds. The molecule has 8 heteroatoms. The average Bonchev–Trinajstić information content (AvgIpc) is 3.08. The monoisotopic (exact) mass is 487 g/mol. The maximum atomic E-state index is 13.7. The number of hydrogen-bond acceptors (Lipinski definition) is 2. The number of carbonyl (C=O) groups excluding carboxylic acids is 2. The molecule has 0 N–H and O–H groups in total. The van der Waals surface area contributed by atoms with E-state index in [4.69, 9.17) is 23.2 Å². The van der Waals surface area contributed by atoms with Crippen LogP contribution < -0.4 is 4.90 Å². The van der Waals surface area contributed by atoms with Gasteiger partial charge in [-0.3, -0.25) is 9.59 Å². The minimum atomic E-state index is -4.62. The number of benzene rings is 3. The Morgan fingerprint density at radius 2 is 1.12 bits per heavy atom. The zero-order valence-electron chi connectivity index (χ0n) is 16.7. The van der Waals surface area contributed by atoms with Crippen LogP contribution in [0.4, 0.5) is 18.9 Å². The normalized spacial score (nSPS) is 29.7. The van der Waals surface area contributed by atoms with E-state index in [2.05, 4.69) is 0 Å². The van der Waals surface area contributed by atoms with Crippen molar-refractivity contribution in [2.75, 3.05) is 4.90 Å². The standard InChI is InChI=1S/C25H14Cl2F3NO2/c26-23-15-8-1-2-9-16(15)24(27,18-11-4-3-10-17(18)23)20-19(23)21(32)31(22(20)33)14-7-5-6-13(12-14)25(28,29)30/h1-12,19-20H/t19-,20-,23?,24?/m1/s1. The molecule has 0 saturated carbocycles. The molecule has 33 heavy (non-hydrogen) atoms. The van der Waals surface area contributed by atoms with Crippen LogP contribution in [0, 0.1) is 11.8 Å². The number of nitrogens with zero attached hydrogens (tertiary/aromatic N) is 1. The van der Waals surface area contributed by atoms with Crippen molar-refractivity contribution >= 4 is 40.7 Å². The predicted molar refractivity (Wildman–Crippen MR) is 117 cm³/mol. The second-order valence-corrected chi connectivity index (χ2v) is 9.72. The maximum absolute atomic E-state index is 13.7. The van der Waals surface area contributed by atoms with E-state index in [0.29, 0.717) is 22.3 Å². The zero-order valence-corrected chi connectivity index (χ0v) is 18.2. The molecule has 7 rings (SSSR count). The zero-order chi connectivity index (χ0) is 23.3. The number of halogens is 5. The summed E-state index contributed by atoms with van der Waals surface area (Å²) < 4.78 is 40.0. The van der Waals surface area contributed by atoms with Crippen LogP contribution in [-0.2, 0) is 25.5 Å². The predicted octanol–water partition coefficient (Wildman–Crippen LogP) is 5.80. The SMILES string of the molecule is O=C1[C@H]2[C@H](C(=O)N1c1cccc(C(F)(F)F)c1)C1(Cl)c3ccccc3C2(Cl)c2ccccc21. The van der Waals surface area contributed by atoms with Gasteiger partial charge in [0.2, 0.25) is 11.8 Å². The molecule has 3 aromatic carbocycles. The fraction of sp³-hybridized carbons (Fsp3) is 0.200. The van der Waals surface area contributed by atoms with Crippen LogP contribution in [0.5, 0.6) is 0 Å². The largest absolute Gasteiger partial charge is 0.416 e. The van der Waals surface area contributed by atoms with Gasteiger partial charge < -0.3 is 0 Å². The second-order valence-electron chi connectivity index (χ2n) is 8.53. The Bertz CT molecular complexity index is 1250. The molecule has 0 radical (unpaired) electrons. The summed E-state index contributed by atoms with van der Waals surface area (Å²) in [5, 5.41) is 0. The molecule has 0 unspecified atom stereocenters. The van der Waals surface area contributed by atoms with Gasteiger partial charge in [-0.15, -0.1) is 23.2 Å². The van der Waals surface area contributed by atoms with Gasteiger partial charge in [-0.2, -0.15) is 13.2 Å². The molecule has 3 nitrogen and oxygen atoms in total. The van der Waals surface area contributed by atoms with Gasteiger partial charge in [0.05, 0.1) is 23.1 Å². The van der Waals surface area contributed by atoms with E-state index in [0.717, 1.165) is 17.0 Å². The molecule has 1 heterocycles. The smallest absolute Gasteiger partial charge is 0.274 e. The lowest BCUT2D eigenvalue weighted by Crippen LogP contribution is -2.57. The second kappa shape index (κ2) is 6.39. The highest BCUT2D eigenvalue weighted by molar-refractivity contribution is 6.38. The number of anilines is 1. The van der Waals surface area contributed by atoms with Crippen molar-refractivity contribution < 1.29 is 22.8 Å². The molecule has 0 spiro atoms. The molecule has 1 fully saturated rings. The maximum Gasteiger partial charge on any atom is 0.416 e. The molecule has 1 saturated heterocycles. The van der Waals surface area contributed by atoms with Gasteiger partial charge in [0.15, 0.2) is 0 Å². The van der Waals surface area contributed by atoms with Crippen LogP contribution in [0.2, 0.25) is 0 Å². The highest BCUT2D eigenvalue weighted by Crippen LogP contribution is 2.69. The van der Waals surface area contributed by atoms with E-state index in [9.17, 15) is 22.8 Å². The summed E-state index contributed by atoms with van der Waals surface area (Å²) in [6.07, 6.45) is -4.62. The summed E-state index contributed by atoms with van der Waals surface area (Å²) in [5.74, 6) is -3.45. The fourth-order valence-electron chi connectivity index (χ4n) is 5.74. The van der Waals surface area contributed by atoms with Crippen molar-refractivity contribution in [3.05, 3.63) is 101 Å². The quantitative estimate of drug-likeness (QED) is 0.321. The first-order valence-corrected chi connectivity index (χ1v) is 11.0. The number of carbonyl (C=O) groups is 2. The lowest BCUT2D eigenvalue weighted by molar-refractivity contribution is -0.137. The molecule has 1 aliphatic heterocycles. The highest BCUT2D eigenvalue weighted by Gasteiger charge is 2.73.